The van der Waals surface area contributed by atoms with Crippen LogP contribution in [0.3, 0.4) is 0 Å². The molecular formula is C17H35NO. The molecule has 0 radical (unpaired) electrons. The van der Waals surface area contributed by atoms with Crippen LogP contribution < -0.4 is 5.32 Å². The zero-order valence-electron chi connectivity index (χ0n) is 13.7. The monoisotopic (exact) mass is 269 g/mol. The number of rotatable bonds is 8. The van der Waals surface area contributed by atoms with Crippen LogP contribution in [-0.4, -0.2) is 25.3 Å². The molecule has 114 valence electrons. The molecule has 4 unspecified atom stereocenters. The van der Waals surface area contributed by atoms with Crippen molar-refractivity contribution in [3.05, 3.63) is 0 Å². The molecule has 2 nitrogen and oxygen atoms in total. The van der Waals surface area contributed by atoms with Crippen LogP contribution >= 0.6 is 0 Å². The van der Waals surface area contributed by atoms with Gasteiger partial charge in [0.2, 0.25) is 0 Å². The average molecular weight is 269 g/mol. The molecule has 1 saturated carbocycles. The lowest BCUT2D eigenvalue weighted by Crippen LogP contribution is -2.46. The predicted octanol–water partition coefficient (Wildman–Crippen LogP) is 4.24. The highest BCUT2D eigenvalue weighted by Gasteiger charge is 2.32. The third-order valence-corrected chi connectivity index (χ3v) is 4.62. The van der Waals surface area contributed by atoms with Crippen molar-refractivity contribution < 1.29 is 4.74 Å². The Morgan fingerprint density at radius 3 is 2.47 bits per heavy atom. The van der Waals surface area contributed by atoms with Gasteiger partial charge in [0.05, 0.1) is 6.10 Å². The van der Waals surface area contributed by atoms with E-state index in [0.29, 0.717) is 18.1 Å². The van der Waals surface area contributed by atoms with Gasteiger partial charge in [-0.2, -0.15) is 0 Å². The summed E-state index contributed by atoms with van der Waals surface area (Å²) in [7, 11) is 0. The van der Waals surface area contributed by atoms with Crippen LogP contribution in [0, 0.1) is 17.8 Å². The maximum absolute atomic E-state index is 6.28. The van der Waals surface area contributed by atoms with Gasteiger partial charge in [-0.05, 0) is 50.0 Å². The lowest BCUT2D eigenvalue weighted by molar-refractivity contribution is -0.0297. The second-order valence-electron chi connectivity index (χ2n) is 6.75. The Bertz CT molecular complexity index is 229. The topological polar surface area (TPSA) is 21.3 Å². The SMILES string of the molecule is CCCC(C)COC1CC(C(C)C)CCC1NCC. The number of nitrogens with one attached hydrogen (secondary N) is 1. The molecule has 0 heterocycles. The molecule has 0 spiro atoms. The first-order valence-corrected chi connectivity index (χ1v) is 8.43. The minimum atomic E-state index is 0.431. The van der Waals surface area contributed by atoms with Crippen molar-refractivity contribution in [3.63, 3.8) is 0 Å². The van der Waals surface area contributed by atoms with Crippen LogP contribution in [0.4, 0.5) is 0 Å². The highest BCUT2D eigenvalue weighted by atomic mass is 16.5. The second kappa shape index (κ2) is 8.97. The summed E-state index contributed by atoms with van der Waals surface area (Å²) in [5, 5.41) is 3.62. The van der Waals surface area contributed by atoms with Gasteiger partial charge in [-0.3, -0.25) is 0 Å². The summed E-state index contributed by atoms with van der Waals surface area (Å²) in [6.07, 6.45) is 6.87. The molecule has 2 heteroatoms. The third kappa shape index (κ3) is 5.83. The van der Waals surface area contributed by atoms with Crippen LogP contribution in [0.2, 0.25) is 0 Å². The van der Waals surface area contributed by atoms with Crippen molar-refractivity contribution >= 4 is 0 Å². The smallest absolute Gasteiger partial charge is 0.0730 e. The van der Waals surface area contributed by atoms with Crippen LogP contribution in [0.15, 0.2) is 0 Å². The fourth-order valence-corrected chi connectivity index (χ4v) is 3.31. The Morgan fingerprint density at radius 2 is 1.89 bits per heavy atom. The van der Waals surface area contributed by atoms with E-state index in [4.69, 9.17) is 4.74 Å². The van der Waals surface area contributed by atoms with Gasteiger partial charge in [0.15, 0.2) is 0 Å². The van der Waals surface area contributed by atoms with Gasteiger partial charge in [0.25, 0.3) is 0 Å². The molecule has 0 aromatic carbocycles. The normalized spacial score (nSPS) is 29.7. The molecular weight excluding hydrogens is 234 g/mol. The van der Waals surface area contributed by atoms with Gasteiger partial charge < -0.3 is 10.1 Å². The van der Waals surface area contributed by atoms with Crippen molar-refractivity contribution in [1.82, 2.24) is 5.32 Å². The van der Waals surface area contributed by atoms with E-state index in [1.165, 1.54) is 32.1 Å². The van der Waals surface area contributed by atoms with Crippen molar-refractivity contribution in [2.24, 2.45) is 17.8 Å². The zero-order valence-corrected chi connectivity index (χ0v) is 13.7. The van der Waals surface area contributed by atoms with E-state index in [2.05, 4.69) is 39.9 Å². The standard InChI is InChI=1S/C17H35NO/c1-6-8-14(5)12-19-17-11-15(13(3)4)9-10-16(17)18-7-2/h13-18H,6-12H2,1-5H3. The van der Waals surface area contributed by atoms with Gasteiger partial charge in [-0.1, -0.05) is 41.0 Å². The Kier molecular flexibility index (Phi) is 8.01. The first kappa shape index (κ1) is 17.0. The molecule has 1 N–H and O–H groups in total. The molecule has 4 atom stereocenters. The van der Waals surface area contributed by atoms with Gasteiger partial charge in [0, 0.05) is 12.6 Å². The lowest BCUT2D eigenvalue weighted by Gasteiger charge is -2.38. The molecule has 0 aromatic rings. The van der Waals surface area contributed by atoms with Crippen molar-refractivity contribution in [3.8, 4) is 0 Å². The first-order chi connectivity index (χ1) is 9.08. The molecule has 19 heavy (non-hydrogen) atoms. The summed E-state index contributed by atoms with van der Waals surface area (Å²) in [5.41, 5.74) is 0. The number of hydrogen-bond acceptors (Lipinski definition) is 2. The molecule has 0 aromatic heterocycles. The van der Waals surface area contributed by atoms with E-state index < -0.39 is 0 Å². The van der Waals surface area contributed by atoms with E-state index in [1.54, 1.807) is 0 Å². The van der Waals surface area contributed by atoms with E-state index in [0.717, 1.165) is 25.0 Å². The molecule has 1 aliphatic rings. The number of ether oxygens (including phenoxy) is 1. The van der Waals surface area contributed by atoms with Gasteiger partial charge in [0.1, 0.15) is 0 Å². The Labute approximate surface area is 120 Å². The highest BCUT2D eigenvalue weighted by Crippen LogP contribution is 2.32. The zero-order chi connectivity index (χ0) is 14.3. The second-order valence-corrected chi connectivity index (χ2v) is 6.75. The average Bonchev–Trinajstić information content (AvgIpc) is 2.38. The maximum Gasteiger partial charge on any atom is 0.0730 e. The van der Waals surface area contributed by atoms with Crippen molar-refractivity contribution in [2.75, 3.05) is 13.2 Å². The summed E-state index contributed by atoms with van der Waals surface area (Å²) in [6, 6.07) is 0.578. The summed E-state index contributed by atoms with van der Waals surface area (Å²) < 4.78 is 6.28. The van der Waals surface area contributed by atoms with Gasteiger partial charge in [-0.15, -0.1) is 0 Å². The van der Waals surface area contributed by atoms with Gasteiger partial charge >= 0.3 is 0 Å². The molecule has 0 amide bonds. The van der Waals surface area contributed by atoms with E-state index in [9.17, 15) is 0 Å². The number of hydrogen-bond donors (Lipinski definition) is 1. The van der Waals surface area contributed by atoms with E-state index in [1.807, 2.05) is 0 Å². The summed E-state index contributed by atoms with van der Waals surface area (Å²) >= 11 is 0. The third-order valence-electron chi connectivity index (χ3n) is 4.62. The fraction of sp³-hybridized carbons (Fsp3) is 1.00. The van der Waals surface area contributed by atoms with Crippen molar-refractivity contribution in [1.29, 1.82) is 0 Å². The molecule has 1 aliphatic carbocycles. The Morgan fingerprint density at radius 1 is 1.16 bits per heavy atom. The first-order valence-electron chi connectivity index (χ1n) is 8.43. The van der Waals surface area contributed by atoms with Crippen LogP contribution in [0.25, 0.3) is 0 Å². The summed E-state index contributed by atoms with van der Waals surface area (Å²) in [4.78, 5) is 0. The Balaban J connectivity index is 2.46. The molecule has 1 rings (SSSR count). The fourth-order valence-electron chi connectivity index (χ4n) is 3.31. The number of likely N-dealkylation sites (N-methyl/N-ethyl adjacent to an activating group) is 1. The van der Waals surface area contributed by atoms with Crippen LogP contribution in [-0.2, 0) is 4.74 Å². The molecule has 1 fully saturated rings. The minimum absolute atomic E-state index is 0.431. The van der Waals surface area contributed by atoms with E-state index >= 15 is 0 Å². The highest BCUT2D eigenvalue weighted by molar-refractivity contribution is 4.86. The summed E-state index contributed by atoms with van der Waals surface area (Å²) in [5.74, 6) is 2.34. The maximum atomic E-state index is 6.28. The van der Waals surface area contributed by atoms with Crippen molar-refractivity contribution in [2.45, 2.75) is 78.9 Å². The predicted molar refractivity (Wildman–Crippen MR) is 83.5 cm³/mol. The molecule has 0 aliphatic heterocycles. The molecule has 0 bridgehead atoms. The quantitative estimate of drug-likeness (QED) is 0.711. The van der Waals surface area contributed by atoms with E-state index in [-0.39, 0.29) is 0 Å². The van der Waals surface area contributed by atoms with Crippen LogP contribution in [0.1, 0.15) is 66.7 Å². The van der Waals surface area contributed by atoms with Gasteiger partial charge in [-0.25, -0.2) is 0 Å². The Hall–Kier alpha value is -0.0800. The minimum Gasteiger partial charge on any atom is -0.376 e. The van der Waals surface area contributed by atoms with Crippen LogP contribution in [0.5, 0.6) is 0 Å². The largest absolute Gasteiger partial charge is 0.376 e. The molecule has 0 saturated heterocycles. The summed E-state index contributed by atoms with van der Waals surface area (Å²) in [6.45, 7) is 13.5. The lowest BCUT2D eigenvalue weighted by atomic mass is 9.78.